The maximum Gasteiger partial charge on any atom is 0.271 e. The molecule has 33 heavy (non-hydrogen) atoms. The smallest absolute Gasteiger partial charge is 0.271 e. The molecule has 1 aromatic carbocycles. The van der Waals surface area contributed by atoms with Gasteiger partial charge in [0, 0.05) is 67.4 Å². The van der Waals surface area contributed by atoms with Crippen molar-refractivity contribution in [2.45, 2.75) is 19.8 Å². The maximum absolute atomic E-state index is 14.8. The Hall–Kier alpha value is -3.72. The van der Waals surface area contributed by atoms with E-state index in [1.165, 1.54) is 6.07 Å². The molecule has 0 bridgehead atoms. The van der Waals surface area contributed by atoms with E-state index in [1.54, 1.807) is 31.0 Å². The topological polar surface area (TPSA) is 99.5 Å². The molecule has 3 heterocycles. The number of nitrogens with two attached hydrogens (primary N) is 1. The summed E-state index contributed by atoms with van der Waals surface area (Å²) in [6.07, 6.45) is 4.83. The normalized spacial score (nSPS) is 11.2. The number of carbonyl (C=O) groups is 1. The van der Waals surface area contributed by atoms with E-state index in [0.717, 1.165) is 28.2 Å². The van der Waals surface area contributed by atoms with Crippen molar-refractivity contribution in [3.05, 3.63) is 71.2 Å². The quantitative estimate of drug-likeness (QED) is 0.430. The summed E-state index contributed by atoms with van der Waals surface area (Å²) in [5.41, 5.74) is 10.9. The van der Waals surface area contributed by atoms with Crippen LogP contribution in [0.1, 0.15) is 27.4 Å². The number of hydrogen-bond acceptors (Lipinski definition) is 5. The molecule has 9 heteroatoms. The third-order valence-electron chi connectivity index (χ3n) is 5.76. The standard InChI is InChI=1S/C24H27FN6O2/c1-15-18(22(24(32)27-2)29-30(15)3)10-12-33-23-19(5-4-6-20(23)25)16-7-8-21-28-13-17(9-11-26)31(21)14-16/h4-8,13-14H,9-12,26H2,1-3H3,(H,27,32). The molecule has 0 saturated carbocycles. The Bertz CT molecular complexity index is 1310. The van der Waals surface area contributed by atoms with Crippen LogP contribution in [-0.4, -0.2) is 45.3 Å². The molecule has 1 amide bonds. The van der Waals surface area contributed by atoms with Gasteiger partial charge in [-0.1, -0.05) is 12.1 Å². The van der Waals surface area contributed by atoms with Gasteiger partial charge in [0.25, 0.3) is 5.91 Å². The second-order valence-electron chi connectivity index (χ2n) is 7.76. The van der Waals surface area contributed by atoms with Crippen LogP contribution in [0.25, 0.3) is 16.8 Å². The number of para-hydroxylation sites is 1. The predicted octanol–water partition coefficient (Wildman–Crippen LogP) is 2.66. The van der Waals surface area contributed by atoms with Gasteiger partial charge in [-0.15, -0.1) is 0 Å². The molecule has 172 valence electrons. The van der Waals surface area contributed by atoms with Crippen molar-refractivity contribution in [2.24, 2.45) is 12.8 Å². The number of pyridine rings is 1. The Balaban J connectivity index is 1.62. The fourth-order valence-electron chi connectivity index (χ4n) is 3.91. The van der Waals surface area contributed by atoms with Crippen LogP contribution in [0.2, 0.25) is 0 Å². The van der Waals surface area contributed by atoms with Crippen LogP contribution in [0.15, 0.2) is 42.7 Å². The monoisotopic (exact) mass is 450 g/mol. The first-order valence-electron chi connectivity index (χ1n) is 10.8. The number of aromatic nitrogens is 4. The van der Waals surface area contributed by atoms with Crippen molar-refractivity contribution in [1.29, 1.82) is 0 Å². The van der Waals surface area contributed by atoms with Crippen molar-refractivity contribution in [3.63, 3.8) is 0 Å². The molecule has 3 N–H and O–H groups in total. The number of aryl methyl sites for hydroxylation is 1. The number of rotatable bonds is 8. The minimum absolute atomic E-state index is 0.167. The summed E-state index contributed by atoms with van der Waals surface area (Å²) < 4.78 is 24.4. The van der Waals surface area contributed by atoms with Crippen molar-refractivity contribution in [1.82, 2.24) is 24.5 Å². The molecule has 0 fully saturated rings. The van der Waals surface area contributed by atoms with Gasteiger partial charge in [0.05, 0.1) is 6.61 Å². The highest BCUT2D eigenvalue weighted by atomic mass is 19.1. The molecule has 0 aliphatic carbocycles. The summed E-state index contributed by atoms with van der Waals surface area (Å²) in [5.74, 6) is -0.544. The summed E-state index contributed by atoms with van der Waals surface area (Å²) >= 11 is 0. The van der Waals surface area contributed by atoms with Gasteiger partial charge >= 0.3 is 0 Å². The zero-order valence-corrected chi connectivity index (χ0v) is 18.9. The van der Waals surface area contributed by atoms with Crippen molar-refractivity contribution < 1.29 is 13.9 Å². The molecule has 0 unspecified atom stereocenters. The fraction of sp³-hybridized carbons (Fsp3) is 0.292. The van der Waals surface area contributed by atoms with E-state index in [4.69, 9.17) is 10.5 Å². The van der Waals surface area contributed by atoms with Gasteiger partial charge in [0.1, 0.15) is 5.65 Å². The number of benzene rings is 1. The van der Waals surface area contributed by atoms with Crippen molar-refractivity contribution >= 4 is 11.6 Å². The number of hydrogen-bond donors (Lipinski definition) is 2. The highest BCUT2D eigenvalue weighted by Gasteiger charge is 2.19. The van der Waals surface area contributed by atoms with Gasteiger partial charge < -0.3 is 20.2 Å². The number of carbonyl (C=O) groups excluding carboxylic acids is 1. The van der Waals surface area contributed by atoms with Crippen LogP contribution in [0, 0.1) is 12.7 Å². The molecular weight excluding hydrogens is 423 g/mol. The lowest BCUT2D eigenvalue weighted by Gasteiger charge is -2.14. The van der Waals surface area contributed by atoms with Gasteiger partial charge in [0.2, 0.25) is 0 Å². The first-order valence-corrected chi connectivity index (χ1v) is 10.8. The first-order chi connectivity index (χ1) is 15.9. The van der Waals surface area contributed by atoms with Gasteiger partial charge in [-0.05, 0) is 31.7 Å². The molecule has 0 radical (unpaired) electrons. The number of nitrogens with zero attached hydrogens (tertiary/aromatic N) is 4. The van der Waals surface area contributed by atoms with E-state index in [-0.39, 0.29) is 18.3 Å². The fourth-order valence-corrected chi connectivity index (χ4v) is 3.91. The lowest BCUT2D eigenvalue weighted by molar-refractivity contribution is 0.0956. The molecule has 8 nitrogen and oxygen atoms in total. The highest BCUT2D eigenvalue weighted by molar-refractivity contribution is 5.93. The van der Waals surface area contributed by atoms with Gasteiger partial charge in [-0.2, -0.15) is 5.10 Å². The first kappa shape index (κ1) is 22.5. The molecule has 3 aromatic heterocycles. The van der Waals surface area contributed by atoms with Crippen LogP contribution in [0.3, 0.4) is 0 Å². The third-order valence-corrected chi connectivity index (χ3v) is 5.76. The van der Waals surface area contributed by atoms with Crippen LogP contribution in [0.4, 0.5) is 4.39 Å². The molecule has 0 atom stereocenters. The van der Waals surface area contributed by atoms with Crippen molar-refractivity contribution in [3.8, 4) is 16.9 Å². The average molecular weight is 451 g/mol. The Kier molecular flexibility index (Phi) is 6.41. The molecule has 4 rings (SSSR count). The zero-order chi connectivity index (χ0) is 23.5. The minimum atomic E-state index is -0.449. The Morgan fingerprint density at radius 2 is 2.06 bits per heavy atom. The van der Waals surface area contributed by atoms with Gasteiger partial charge in [-0.3, -0.25) is 9.48 Å². The number of ether oxygens (including phenoxy) is 1. The zero-order valence-electron chi connectivity index (χ0n) is 18.9. The summed E-state index contributed by atoms with van der Waals surface area (Å²) in [4.78, 5) is 16.6. The average Bonchev–Trinajstić information content (AvgIpc) is 3.35. The van der Waals surface area contributed by atoms with Crippen molar-refractivity contribution in [2.75, 3.05) is 20.2 Å². The second kappa shape index (κ2) is 9.41. The lowest BCUT2D eigenvalue weighted by Crippen LogP contribution is -2.20. The number of fused-ring (bicyclic) bond motifs is 1. The van der Waals surface area contributed by atoms with Crippen LogP contribution < -0.4 is 15.8 Å². The number of amides is 1. The van der Waals surface area contributed by atoms with E-state index in [1.807, 2.05) is 35.7 Å². The number of nitrogens with one attached hydrogen (secondary N) is 1. The van der Waals surface area contributed by atoms with E-state index in [2.05, 4.69) is 15.4 Å². The molecule has 4 aromatic rings. The number of halogens is 1. The Morgan fingerprint density at radius 3 is 2.82 bits per heavy atom. The van der Waals surface area contributed by atoms with E-state index in [0.29, 0.717) is 30.6 Å². The molecular formula is C24H27FN6O2. The molecule has 0 aliphatic rings. The molecule has 0 aliphatic heterocycles. The third kappa shape index (κ3) is 4.31. The Labute approximate surface area is 191 Å². The SMILES string of the molecule is CNC(=O)c1nn(C)c(C)c1CCOc1c(F)cccc1-c1ccc2ncc(CCN)n2c1. The maximum atomic E-state index is 14.8. The van der Waals surface area contributed by atoms with Crippen LogP contribution >= 0.6 is 0 Å². The molecule has 0 saturated heterocycles. The van der Waals surface area contributed by atoms with Gasteiger partial charge in [0.15, 0.2) is 17.3 Å². The minimum Gasteiger partial charge on any atom is -0.490 e. The van der Waals surface area contributed by atoms with E-state index >= 15 is 0 Å². The van der Waals surface area contributed by atoms with Gasteiger partial charge in [-0.25, -0.2) is 9.37 Å². The highest BCUT2D eigenvalue weighted by Crippen LogP contribution is 2.33. The summed E-state index contributed by atoms with van der Waals surface area (Å²) in [6, 6.07) is 8.64. The second-order valence-corrected chi connectivity index (χ2v) is 7.76. The predicted molar refractivity (Wildman–Crippen MR) is 124 cm³/mol. The largest absolute Gasteiger partial charge is 0.490 e. The summed E-state index contributed by atoms with van der Waals surface area (Å²) in [7, 11) is 3.35. The number of imidazole rings is 1. The lowest BCUT2D eigenvalue weighted by atomic mass is 10.1. The summed E-state index contributed by atoms with van der Waals surface area (Å²) in [5, 5.41) is 6.90. The van der Waals surface area contributed by atoms with Crippen LogP contribution in [0.5, 0.6) is 5.75 Å². The van der Waals surface area contributed by atoms with Crippen LogP contribution in [-0.2, 0) is 19.9 Å². The Morgan fingerprint density at radius 1 is 1.24 bits per heavy atom. The van der Waals surface area contributed by atoms with E-state index < -0.39 is 5.82 Å². The summed E-state index contributed by atoms with van der Waals surface area (Å²) in [6.45, 7) is 2.59. The molecule has 0 spiro atoms. The van der Waals surface area contributed by atoms with E-state index in [9.17, 15) is 9.18 Å².